The molecular weight excluding hydrogens is 250 g/mol. The smallest absolute Gasteiger partial charge is 0.260 e. The van der Waals surface area contributed by atoms with Crippen LogP contribution in [0.2, 0.25) is 0 Å². The van der Waals surface area contributed by atoms with Crippen molar-refractivity contribution in [2.75, 3.05) is 6.61 Å². The maximum absolute atomic E-state index is 12.7. The topological polar surface area (TPSA) is 71.5 Å². The summed E-state index contributed by atoms with van der Waals surface area (Å²) in [5, 5.41) is 12.1. The van der Waals surface area contributed by atoms with Crippen molar-refractivity contribution in [3.63, 3.8) is 0 Å². The second-order valence-corrected chi connectivity index (χ2v) is 6.49. The zero-order valence-corrected chi connectivity index (χ0v) is 11.2. The standard InChI is InChI=1S/C13H19NO5/c1-11(2)10(15)14-12(6-4-3-5-7-17-14)8-9(18-8)13(11,16)19-12/h8-9,16H,3-7H2,1-2H3/t8-,9+,12-,13+/m0/s1. The molecule has 1 amide bonds. The van der Waals surface area contributed by atoms with Gasteiger partial charge in [-0.05, 0) is 26.7 Å². The minimum absolute atomic E-state index is 0.209. The minimum Gasteiger partial charge on any atom is -0.362 e. The van der Waals surface area contributed by atoms with E-state index in [1.807, 2.05) is 0 Å². The average molecular weight is 269 g/mol. The predicted octanol–water partition coefficient (Wildman–Crippen LogP) is 0.543. The molecule has 1 N–H and O–H groups in total. The first kappa shape index (κ1) is 12.1. The molecule has 2 bridgehead atoms. The molecule has 4 saturated heterocycles. The van der Waals surface area contributed by atoms with Crippen LogP contribution < -0.4 is 0 Å². The van der Waals surface area contributed by atoms with E-state index in [0.717, 1.165) is 19.3 Å². The lowest BCUT2D eigenvalue weighted by Gasteiger charge is -2.53. The SMILES string of the molecule is CC1(C)C(=O)N2OCCCCC[C@@]23O[C@]1(O)[C@@H]1O[C@@H]13. The molecule has 0 aromatic carbocycles. The number of hydrogen-bond acceptors (Lipinski definition) is 5. The summed E-state index contributed by atoms with van der Waals surface area (Å²) in [4.78, 5) is 18.3. The molecule has 4 fully saturated rings. The monoisotopic (exact) mass is 269 g/mol. The maximum Gasteiger partial charge on any atom is 0.260 e. The molecule has 0 aromatic rings. The molecule has 4 rings (SSSR count). The Morgan fingerprint density at radius 1 is 1.26 bits per heavy atom. The van der Waals surface area contributed by atoms with Gasteiger partial charge in [-0.15, -0.1) is 0 Å². The number of epoxide rings is 1. The van der Waals surface area contributed by atoms with Gasteiger partial charge in [0.2, 0.25) is 5.79 Å². The quantitative estimate of drug-likeness (QED) is 0.650. The maximum atomic E-state index is 12.7. The highest BCUT2D eigenvalue weighted by molar-refractivity contribution is 5.85. The second-order valence-electron chi connectivity index (χ2n) is 6.49. The third-order valence-corrected chi connectivity index (χ3v) is 5.01. The molecule has 1 spiro atoms. The molecule has 6 heteroatoms. The third kappa shape index (κ3) is 1.19. The second kappa shape index (κ2) is 3.31. The predicted molar refractivity (Wildman–Crippen MR) is 62.5 cm³/mol. The summed E-state index contributed by atoms with van der Waals surface area (Å²) in [6.45, 7) is 3.87. The van der Waals surface area contributed by atoms with Crippen LogP contribution in [0.5, 0.6) is 0 Å². The van der Waals surface area contributed by atoms with Gasteiger partial charge in [0.15, 0.2) is 5.72 Å². The molecule has 106 valence electrons. The summed E-state index contributed by atoms with van der Waals surface area (Å²) < 4.78 is 11.6. The first-order chi connectivity index (χ1) is 8.93. The van der Waals surface area contributed by atoms with Crippen LogP contribution in [0.25, 0.3) is 0 Å². The van der Waals surface area contributed by atoms with E-state index in [4.69, 9.17) is 14.3 Å². The van der Waals surface area contributed by atoms with Crippen LogP contribution in [0, 0.1) is 5.41 Å². The summed E-state index contributed by atoms with van der Waals surface area (Å²) in [5.74, 6) is -1.74. The summed E-state index contributed by atoms with van der Waals surface area (Å²) >= 11 is 0. The van der Waals surface area contributed by atoms with E-state index in [1.165, 1.54) is 5.06 Å². The zero-order chi connectivity index (χ0) is 13.5. The zero-order valence-electron chi connectivity index (χ0n) is 11.2. The third-order valence-electron chi connectivity index (χ3n) is 5.01. The fourth-order valence-electron chi connectivity index (χ4n) is 3.63. The summed E-state index contributed by atoms with van der Waals surface area (Å²) in [6, 6.07) is 0. The number of carbonyl (C=O) groups excluding carboxylic acids is 1. The first-order valence-electron chi connectivity index (χ1n) is 6.99. The van der Waals surface area contributed by atoms with Gasteiger partial charge in [0, 0.05) is 6.42 Å². The van der Waals surface area contributed by atoms with Gasteiger partial charge in [-0.2, -0.15) is 5.06 Å². The van der Waals surface area contributed by atoms with E-state index < -0.39 is 23.0 Å². The Balaban J connectivity index is 1.82. The molecule has 6 nitrogen and oxygen atoms in total. The lowest BCUT2D eigenvalue weighted by Crippen LogP contribution is -2.70. The lowest BCUT2D eigenvalue weighted by molar-refractivity contribution is -0.409. The Bertz CT molecular complexity index is 452. The number of nitrogens with zero attached hydrogens (tertiary/aromatic N) is 1. The van der Waals surface area contributed by atoms with Crippen LogP contribution in [0.4, 0.5) is 0 Å². The normalized spacial score (nSPS) is 51.1. The number of fused-ring (bicyclic) bond motifs is 3. The molecule has 0 saturated carbocycles. The highest BCUT2D eigenvalue weighted by Crippen LogP contribution is 2.63. The van der Waals surface area contributed by atoms with Gasteiger partial charge in [-0.1, -0.05) is 6.42 Å². The fraction of sp³-hybridized carbons (Fsp3) is 0.923. The van der Waals surface area contributed by atoms with E-state index in [2.05, 4.69) is 0 Å². The summed E-state index contributed by atoms with van der Waals surface area (Å²) in [7, 11) is 0. The molecule has 0 aromatic heterocycles. The number of rotatable bonds is 0. The van der Waals surface area contributed by atoms with Gasteiger partial charge in [0.25, 0.3) is 5.91 Å². The molecule has 4 aliphatic rings. The van der Waals surface area contributed by atoms with Gasteiger partial charge in [0.1, 0.15) is 17.6 Å². The molecule has 19 heavy (non-hydrogen) atoms. The summed E-state index contributed by atoms with van der Waals surface area (Å²) in [6.07, 6.45) is 2.88. The number of carbonyl (C=O) groups is 1. The number of hydrogen-bond donors (Lipinski definition) is 1. The van der Waals surface area contributed by atoms with Gasteiger partial charge in [-0.3, -0.25) is 9.63 Å². The molecular formula is C13H19NO5. The Hall–Kier alpha value is -0.690. The van der Waals surface area contributed by atoms with Crippen LogP contribution in [0.1, 0.15) is 39.5 Å². The Labute approximate surface area is 111 Å². The molecule has 0 radical (unpaired) electrons. The van der Waals surface area contributed by atoms with Gasteiger partial charge in [-0.25, -0.2) is 0 Å². The summed E-state index contributed by atoms with van der Waals surface area (Å²) in [5.41, 5.74) is -1.99. The molecule has 4 atom stereocenters. The van der Waals surface area contributed by atoms with E-state index in [1.54, 1.807) is 13.8 Å². The van der Waals surface area contributed by atoms with Crippen LogP contribution in [0.3, 0.4) is 0 Å². The van der Waals surface area contributed by atoms with Crippen molar-refractivity contribution in [1.82, 2.24) is 5.06 Å². The molecule has 4 aliphatic heterocycles. The van der Waals surface area contributed by atoms with E-state index in [-0.39, 0.29) is 12.0 Å². The van der Waals surface area contributed by atoms with E-state index >= 15 is 0 Å². The Morgan fingerprint density at radius 3 is 2.84 bits per heavy atom. The van der Waals surface area contributed by atoms with Crippen molar-refractivity contribution in [1.29, 1.82) is 0 Å². The van der Waals surface area contributed by atoms with E-state index in [0.29, 0.717) is 13.0 Å². The van der Waals surface area contributed by atoms with Crippen molar-refractivity contribution >= 4 is 5.91 Å². The van der Waals surface area contributed by atoms with Crippen molar-refractivity contribution < 1.29 is 24.2 Å². The average Bonchev–Trinajstić information content (AvgIpc) is 3.08. The molecule has 0 aliphatic carbocycles. The number of amides is 1. The highest BCUT2D eigenvalue weighted by atomic mass is 16.8. The molecule has 0 unspecified atom stereocenters. The van der Waals surface area contributed by atoms with Gasteiger partial charge >= 0.3 is 0 Å². The van der Waals surface area contributed by atoms with Crippen molar-refractivity contribution in [3.8, 4) is 0 Å². The van der Waals surface area contributed by atoms with E-state index in [9.17, 15) is 9.90 Å². The van der Waals surface area contributed by atoms with Crippen molar-refractivity contribution in [2.45, 2.75) is 63.3 Å². The van der Waals surface area contributed by atoms with Crippen LogP contribution in [0.15, 0.2) is 0 Å². The van der Waals surface area contributed by atoms with Gasteiger partial charge in [0.05, 0.1) is 6.61 Å². The van der Waals surface area contributed by atoms with Crippen LogP contribution in [-0.4, -0.2) is 46.4 Å². The first-order valence-corrected chi connectivity index (χ1v) is 6.99. The largest absolute Gasteiger partial charge is 0.362 e. The van der Waals surface area contributed by atoms with Crippen LogP contribution >= 0.6 is 0 Å². The van der Waals surface area contributed by atoms with Crippen molar-refractivity contribution in [3.05, 3.63) is 0 Å². The fourth-order valence-corrected chi connectivity index (χ4v) is 3.63. The number of aliphatic hydroxyl groups is 1. The Kier molecular flexibility index (Phi) is 2.10. The minimum atomic E-state index is -1.53. The lowest BCUT2D eigenvalue weighted by atomic mass is 9.80. The molecule has 4 heterocycles. The van der Waals surface area contributed by atoms with Gasteiger partial charge < -0.3 is 14.6 Å². The number of ether oxygens (including phenoxy) is 2. The number of hydroxylamine groups is 2. The van der Waals surface area contributed by atoms with Crippen molar-refractivity contribution in [2.24, 2.45) is 5.41 Å². The highest BCUT2D eigenvalue weighted by Gasteiger charge is 2.84. The Morgan fingerprint density at radius 2 is 2.05 bits per heavy atom. The van der Waals surface area contributed by atoms with Crippen LogP contribution in [-0.2, 0) is 19.1 Å².